The molecule has 0 atom stereocenters. The summed E-state index contributed by atoms with van der Waals surface area (Å²) in [7, 11) is 2.97. The molecule has 0 unspecified atom stereocenters. The number of aromatic carboxylic acids is 1. The van der Waals surface area contributed by atoms with Crippen molar-refractivity contribution in [1.82, 2.24) is 0 Å². The lowest BCUT2D eigenvalue weighted by atomic mass is 10.1. The van der Waals surface area contributed by atoms with Crippen molar-refractivity contribution < 1.29 is 24.2 Å². The third-order valence-electron chi connectivity index (χ3n) is 3.51. The molecular formula is C19H16N2O5. The zero-order valence-electron chi connectivity index (χ0n) is 14.1. The summed E-state index contributed by atoms with van der Waals surface area (Å²) in [6.07, 6.45) is 1.36. The van der Waals surface area contributed by atoms with Gasteiger partial charge in [0.15, 0.2) is 0 Å². The number of carbonyl (C=O) groups is 2. The summed E-state index contributed by atoms with van der Waals surface area (Å²) in [4.78, 5) is 23.6. The fourth-order valence-electron chi connectivity index (χ4n) is 2.21. The minimum atomic E-state index is -1.18. The van der Waals surface area contributed by atoms with E-state index in [9.17, 15) is 14.9 Å². The molecule has 0 heterocycles. The lowest BCUT2D eigenvalue weighted by Crippen LogP contribution is -2.16. The van der Waals surface area contributed by atoms with E-state index in [4.69, 9.17) is 14.6 Å². The molecule has 1 amide bonds. The van der Waals surface area contributed by atoms with Gasteiger partial charge in [-0.25, -0.2) is 4.79 Å². The SMILES string of the molecule is COc1ccc(/C=C(\C#N)C(=O)Nc2ccccc2C(=O)O)c(OC)c1. The maximum Gasteiger partial charge on any atom is 0.337 e. The Morgan fingerprint density at radius 1 is 1.15 bits per heavy atom. The van der Waals surface area contributed by atoms with Crippen LogP contribution in [0.1, 0.15) is 15.9 Å². The zero-order valence-corrected chi connectivity index (χ0v) is 14.1. The summed E-state index contributed by atoms with van der Waals surface area (Å²) in [5, 5.41) is 20.9. The molecule has 2 N–H and O–H groups in total. The van der Waals surface area contributed by atoms with Crippen LogP contribution in [0.2, 0.25) is 0 Å². The van der Waals surface area contributed by atoms with Crippen molar-refractivity contribution in [2.24, 2.45) is 0 Å². The Morgan fingerprint density at radius 2 is 1.88 bits per heavy atom. The number of benzene rings is 2. The van der Waals surface area contributed by atoms with Crippen LogP contribution in [0.4, 0.5) is 5.69 Å². The maximum atomic E-state index is 12.4. The van der Waals surface area contributed by atoms with Crippen LogP contribution in [0.25, 0.3) is 6.08 Å². The number of methoxy groups -OCH3 is 2. The third-order valence-corrected chi connectivity index (χ3v) is 3.51. The molecule has 7 nitrogen and oxygen atoms in total. The lowest BCUT2D eigenvalue weighted by molar-refractivity contribution is -0.112. The highest BCUT2D eigenvalue weighted by atomic mass is 16.5. The molecule has 0 bridgehead atoms. The van der Waals surface area contributed by atoms with Crippen LogP contribution < -0.4 is 14.8 Å². The predicted molar refractivity (Wildman–Crippen MR) is 95.2 cm³/mol. The summed E-state index contributed by atoms with van der Waals surface area (Å²) < 4.78 is 10.3. The Kier molecular flexibility index (Phi) is 5.96. The first-order valence-electron chi connectivity index (χ1n) is 7.47. The average molecular weight is 352 g/mol. The minimum absolute atomic E-state index is 0.0693. The van der Waals surface area contributed by atoms with E-state index in [1.807, 2.05) is 6.07 Å². The van der Waals surface area contributed by atoms with Gasteiger partial charge >= 0.3 is 5.97 Å². The number of nitrogens with zero attached hydrogens (tertiary/aromatic N) is 1. The van der Waals surface area contributed by atoms with Gasteiger partial charge in [0.25, 0.3) is 5.91 Å². The third kappa shape index (κ3) is 4.19. The number of nitrogens with one attached hydrogen (secondary N) is 1. The molecular weight excluding hydrogens is 336 g/mol. The van der Waals surface area contributed by atoms with Gasteiger partial charge in [0.1, 0.15) is 23.1 Å². The Hall–Kier alpha value is -3.79. The minimum Gasteiger partial charge on any atom is -0.497 e. The van der Waals surface area contributed by atoms with Crippen molar-refractivity contribution in [1.29, 1.82) is 5.26 Å². The van der Waals surface area contributed by atoms with Gasteiger partial charge in [-0.2, -0.15) is 5.26 Å². The van der Waals surface area contributed by atoms with E-state index < -0.39 is 11.9 Å². The molecule has 0 saturated heterocycles. The van der Waals surface area contributed by atoms with Gasteiger partial charge in [0.05, 0.1) is 25.5 Å². The average Bonchev–Trinajstić information content (AvgIpc) is 2.66. The molecule has 2 aromatic carbocycles. The van der Waals surface area contributed by atoms with Gasteiger partial charge in [-0.05, 0) is 30.3 Å². The molecule has 0 aliphatic rings. The highest BCUT2D eigenvalue weighted by Crippen LogP contribution is 2.27. The number of nitriles is 1. The van der Waals surface area contributed by atoms with Gasteiger partial charge < -0.3 is 19.9 Å². The van der Waals surface area contributed by atoms with E-state index in [-0.39, 0.29) is 16.8 Å². The monoisotopic (exact) mass is 352 g/mol. The lowest BCUT2D eigenvalue weighted by Gasteiger charge is -2.09. The van der Waals surface area contributed by atoms with Gasteiger partial charge in [0.2, 0.25) is 0 Å². The van der Waals surface area contributed by atoms with Crippen molar-refractivity contribution in [2.45, 2.75) is 0 Å². The van der Waals surface area contributed by atoms with E-state index in [0.717, 1.165) is 0 Å². The van der Waals surface area contributed by atoms with Crippen LogP contribution in [0.15, 0.2) is 48.0 Å². The summed E-state index contributed by atoms with van der Waals surface area (Å²) in [6.45, 7) is 0. The van der Waals surface area contributed by atoms with Crippen molar-refractivity contribution >= 4 is 23.6 Å². The van der Waals surface area contributed by atoms with Gasteiger partial charge in [-0.1, -0.05) is 12.1 Å². The Labute approximate surface area is 150 Å². The standard InChI is InChI=1S/C19H16N2O5/c1-25-14-8-7-12(17(10-14)26-2)9-13(11-20)18(22)21-16-6-4-3-5-15(16)19(23)24/h3-10H,1-2H3,(H,21,22)(H,23,24)/b13-9+. The fraction of sp³-hybridized carbons (Fsp3) is 0.105. The molecule has 132 valence electrons. The number of carboxylic acid groups (broad SMARTS) is 1. The molecule has 2 rings (SSSR count). The van der Waals surface area contributed by atoms with Crippen molar-refractivity contribution in [3.63, 3.8) is 0 Å². The quantitative estimate of drug-likeness (QED) is 0.611. The number of hydrogen-bond donors (Lipinski definition) is 2. The molecule has 0 radical (unpaired) electrons. The number of amides is 1. The normalized spacial score (nSPS) is 10.6. The molecule has 0 fully saturated rings. The van der Waals surface area contributed by atoms with Crippen LogP contribution in [0.5, 0.6) is 11.5 Å². The largest absolute Gasteiger partial charge is 0.497 e. The smallest absolute Gasteiger partial charge is 0.337 e. The van der Waals surface area contributed by atoms with Crippen LogP contribution in [0, 0.1) is 11.3 Å². The first-order valence-corrected chi connectivity index (χ1v) is 7.47. The van der Waals surface area contributed by atoms with Crippen molar-refractivity contribution in [3.8, 4) is 17.6 Å². The van der Waals surface area contributed by atoms with Gasteiger partial charge in [0, 0.05) is 11.6 Å². The number of carboxylic acids is 1. The zero-order chi connectivity index (χ0) is 19.1. The molecule has 2 aromatic rings. The fourth-order valence-corrected chi connectivity index (χ4v) is 2.21. The number of para-hydroxylation sites is 1. The first kappa shape index (κ1) is 18.5. The van der Waals surface area contributed by atoms with Gasteiger partial charge in [-0.15, -0.1) is 0 Å². The maximum absolute atomic E-state index is 12.4. The summed E-state index contributed by atoms with van der Waals surface area (Å²) in [5.41, 5.74) is 0.341. The Balaban J connectivity index is 2.34. The molecule has 0 aliphatic heterocycles. The van der Waals surface area contributed by atoms with Crippen molar-refractivity contribution in [3.05, 3.63) is 59.2 Å². The second kappa shape index (κ2) is 8.35. The van der Waals surface area contributed by atoms with E-state index in [1.165, 1.54) is 32.4 Å². The second-order valence-electron chi connectivity index (χ2n) is 5.08. The van der Waals surface area contributed by atoms with E-state index in [1.54, 1.807) is 30.3 Å². The highest BCUT2D eigenvalue weighted by Gasteiger charge is 2.15. The molecule has 0 aliphatic carbocycles. The van der Waals surface area contributed by atoms with E-state index in [2.05, 4.69) is 5.32 Å². The van der Waals surface area contributed by atoms with Crippen LogP contribution in [0.3, 0.4) is 0 Å². The molecule has 0 aromatic heterocycles. The molecule has 0 saturated carbocycles. The van der Waals surface area contributed by atoms with Crippen LogP contribution >= 0.6 is 0 Å². The second-order valence-corrected chi connectivity index (χ2v) is 5.08. The topological polar surface area (TPSA) is 109 Å². The summed E-state index contributed by atoms with van der Waals surface area (Å²) >= 11 is 0. The first-order chi connectivity index (χ1) is 12.5. The number of rotatable bonds is 6. The van der Waals surface area contributed by atoms with Crippen LogP contribution in [-0.4, -0.2) is 31.2 Å². The molecule has 0 spiro atoms. The number of carbonyl (C=O) groups excluding carboxylic acids is 1. The van der Waals surface area contributed by atoms with Crippen molar-refractivity contribution in [2.75, 3.05) is 19.5 Å². The predicted octanol–water partition coefficient (Wildman–Crippen LogP) is 2.95. The van der Waals surface area contributed by atoms with E-state index in [0.29, 0.717) is 17.1 Å². The Morgan fingerprint density at radius 3 is 2.50 bits per heavy atom. The number of anilines is 1. The number of hydrogen-bond acceptors (Lipinski definition) is 5. The number of ether oxygens (including phenoxy) is 2. The Bertz CT molecular complexity index is 912. The summed E-state index contributed by atoms with van der Waals surface area (Å²) in [5.74, 6) is -0.910. The molecule has 7 heteroatoms. The highest BCUT2D eigenvalue weighted by molar-refractivity contribution is 6.11. The van der Waals surface area contributed by atoms with Crippen LogP contribution in [-0.2, 0) is 4.79 Å². The van der Waals surface area contributed by atoms with E-state index >= 15 is 0 Å². The molecule has 26 heavy (non-hydrogen) atoms. The summed E-state index contributed by atoms with van der Waals surface area (Å²) in [6, 6.07) is 12.7. The van der Waals surface area contributed by atoms with Gasteiger partial charge in [-0.3, -0.25) is 4.79 Å².